The number of aryl methyl sites for hydroxylation is 1. The van der Waals surface area contributed by atoms with Crippen LogP contribution in [-0.2, 0) is 6.54 Å². The predicted octanol–water partition coefficient (Wildman–Crippen LogP) is 1.85. The Morgan fingerprint density at radius 3 is 3.13 bits per heavy atom. The molecule has 0 saturated heterocycles. The van der Waals surface area contributed by atoms with E-state index in [4.69, 9.17) is 0 Å². The van der Waals surface area contributed by atoms with Crippen molar-refractivity contribution in [3.05, 3.63) is 12.4 Å². The van der Waals surface area contributed by atoms with Crippen LogP contribution < -0.4 is 5.32 Å². The molecule has 0 fully saturated rings. The summed E-state index contributed by atoms with van der Waals surface area (Å²) in [5.74, 6) is 1.01. The lowest BCUT2D eigenvalue weighted by molar-refractivity contribution is 0.427. The fourth-order valence-corrected chi connectivity index (χ4v) is 1.60. The van der Waals surface area contributed by atoms with Gasteiger partial charge in [-0.1, -0.05) is 0 Å². The van der Waals surface area contributed by atoms with Gasteiger partial charge in [0.1, 0.15) is 12.5 Å². The number of hydrogen-bond acceptors (Lipinski definition) is 3. The van der Waals surface area contributed by atoms with Crippen molar-refractivity contribution in [3.63, 3.8) is 0 Å². The van der Waals surface area contributed by atoms with E-state index in [0.29, 0.717) is 6.54 Å². The molecule has 1 aliphatic rings. The molecule has 0 aliphatic carbocycles. The van der Waals surface area contributed by atoms with E-state index in [1.807, 2.05) is 0 Å². The molecule has 0 amide bonds. The molecular formula is C10H15FN4. The van der Waals surface area contributed by atoms with Gasteiger partial charge in [-0.05, 0) is 12.8 Å². The highest BCUT2D eigenvalue weighted by molar-refractivity contribution is 5.95. The number of alkyl halides is 1. The topological polar surface area (TPSA) is 42.2 Å². The summed E-state index contributed by atoms with van der Waals surface area (Å²) in [5.41, 5.74) is 0.893. The summed E-state index contributed by atoms with van der Waals surface area (Å²) < 4.78 is 13.6. The maximum Gasteiger partial charge on any atom is 0.109 e. The average Bonchev–Trinajstić information content (AvgIpc) is 2.68. The van der Waals surface area contributed by atoms with Crippen molar-refractivity contribution < 1.29 is 4.39 Å². The normalized spacial score (nSPS) is 16.2. The summed E-state index contributed by atoms with van der Waals surface area (Å²) in [6, 6.07) is 0. The molecule has 1 N–H and O–H groups in total. The standard InChI is InChI=1S/C10H15FN4/c11-4-6-15-8-9(7-13-15)14-10-3-1-2-5-12-10/h7-8H,1-6H2,(H,12,14). The molecule has 15 heavy (non-hydrogen) atoms. The molecule has 0 spiro atoms. The molecule has 0 bridgehead atoms. The number of rotatable bonds is 3. The molecule has 0 aromatic carbocycles. The van der Waals surface area contributed by atoms with E-state index in [0.717, 1.165) is 24.5 Å². The zero-order valence-electron chi connectivity index (χ0n) is 8.62. The predicted molar refractivity (Wildman–Crippen MR) is 58.0 cm³/mol. The summed E-state index contributed by atoms with van der Waals surface area (Å²) in [6.07, 6.45) is 6.86. The van der Waals surface area contributed by atoms with Crippen LogP contribution in [0.25, 0.3) is 0 Å². The molecule has 2 rings (SSSR count). The van der Waals surface area contributed by atoms with Crippen LogP contribution in [0.2, 0.25) is 0 Å². The van der Waals surface area contributed by atoms with Crippen molar-refractivity contribution >= 4 is 11.5 Å². The highest BCUT2D eigenvalue weighted by Crippen LogP contribution is 2.10. The second kappa shape index (κ2) is 4.91. The van der Waals surface area contributed by atoms with E-state index in [-0.39, 0.29) is 6.67 Å². The number of nitrogens with one attached hydrogen (secondary N) is 1. The third-order valence-electron chi connectivity index (χ3n) is 2.36. The van der Waals surface area contributed by atoms with Crippen LogP contribution in [-0.4, -0.2) is 28.8 Å². The van der Waals surface area contributed by atoms with Gasteiger partial charge in [0.15, 0.2) is 0 Å². The first-order valence-corrected chi connectivity index (χ1v) is 5.27. The van der Waals surface area contributed by atoms with Crippen LogP contribution in [0.5, 0.6) is 0 Å². The third-order valence-corrected chi connectivity index (χ3v) is 2.36. The lowest BCUT2D eigenvalue weighted by atomic mass is 10.2. The molecule has 0 saturated carbocycles. The van der Waals surface area contributed by atoms with Gasteiger partial charge in [-0.25, -0.2) is 4.39 Å². The molecule has 1 aromatic heterocycles. The number of hydrogen-bond donors (Lipinski definition) is 1. The molecule has 2 heterocycles. The average molecular weight is 210 g/mol. The van der Waals surface area contributed by atoms with Crippen molar-refractivity contribution in [2.75, 3.05) is 18.5 Å². The Morgan fingerprint density at radius 2 is 2.40 bits per heavy atom. The minimum atomic E-state index is -0.387. The highest BCUT2D eigenvalue weighted by Gasteiger charge is 2.06. The van der Waals surface area contributed by atoms with E-state index < -0.39 is 0 Å². The molecule has 0 radical (unpaired) electrons. The monoisotopic (exact) mass is 210 g/mol. The second-order valence-corrected chi connectivity index (χ2v) is 3.59. The molecule has 1 aromatic rings. The largest absolute Gasteiger partial charge is 0.342 e. The van der Waals surface area contributed by atoms with Gasteiger partial charge in [0, 0.05) is 19.2 Å². The Kier molecular flexibility index (Phi) is 3.32. The van der Waals surface area contributed by atoms with E-state index in [1.54, 1.807) is 17.1 Å². The van der Waals surface area contributed by atoms with Crippen LogP contribution in [0, 0.1) is 0 Å². The zero-order chi connectivity index (χ0) is 10.5. The fraction of sp³-hybridized carbons (Fsp3) is 0.600. The first-order valence-electron chi connectivity index (χ1n) is 5.27. The number of anilines is 1. The highest BCUT2D eigenvalue weighted by atomic mass is 19.1. The van der Waals surface area contributed by atoms with Crippen LogP contribution >= 0.6 is 0 Å². The van der Waals surface area contributed by atoms with Gasteiger partial charge >= 0.3 is 0 Å². The van der Waals surface area contributed by atoms with Gasteiger partial charge in [0.05, 0.1) is 18.4 Å². The van der Waals surface area contributed by atoms with Gasteiger partial charge in [-0.3, -0.25) is 9.67 Å². The zero-order valence-corrected chi connectivity index (χ0v) is 8.62. The molecule has 1 aliphatic heterocycles. The Bertz CT molecular complexity index is 345. The molecular weight excluding hydrogens is 195 g/mol. The molecule has 0 atom stereocenters. The van der Waals surface area contributed by atoms with Gasteiger partial charge in [-0.2, -0.15) is 5.10 Å². The maximum absolute atomic E-state index is 12.0. The third kappa shape index (κ3) is 2.78. The first kappa shape index (κ1) is 10.1. The van der Waals surface area contributed by atoms with Crippen molar-refractivity contribution in [1.29, 1.82) is 0 Å². The maximum atomic E-state index is 12.0. The molecule has 4 nitrogen and oxygen atoms in total. The smallest absolute Gasteiger partial charge is 0.109 e. The lowest BCUT2D eigenvalue weighted by Gasteiger charge is -2.12. The van der Waals surface area contributed by atoms with Gasteiger partial charge in [0.25, 0.3) is 0 Å². The van der Waals surface area contributed by atoms with Crippen molar-refractivity contribution in [2.45, 2.75) is 25.8 Å². The molecule has 5 heteroatoms. The van der Waals surface area contributed by atoms with Crippen molar-refractivity contribution in [2.24, 2.45) is 4.99 Å². The van der Waals surface area contributed by atoms with E-state index in [9.17, 15) is 4.39 Å². The SMILES string of the molecule is FCCn1cc(NC2=NCCCC2)cn1. The Morgan fingerprint density at radius 1 is 1.47 bits per heavy atom. The van der Waals surface area contributed by atoms with Crippen molar-refractivity contribution in [3.8, 4) is 0 Å². The quantitative estimate of drug-likeness (QED) is 0.827. The Balaban J connectivity index is 1.94. The number of amidine groups is 1. The fourth-order valence-electron chi connectivity index (χ4n) is 1.60. The Hall–Kier alpha value is -1.39. The number of nitrogens with zero attached hydrogens (tertiary/aromatic N) is 3. The van der Waals surface area contributed by atoms with Crippen LogP contribution in [0.15, 0.2) is 17.4 Å². The second-order valence-electron chi connectivity index (χ2n) is 3.59. The lowest BCUT2D eigenvalue weighted by Crippen LogP contribution is -2.15. The minimum absolute atomic E-state index is 0.314. The van der Waals surface area contributed by atoms with Gasteiger partial charge < -0.3 is 5.32 Å². The van der Waals surface area contributed by atoms with E-state index in [2.05, 4.69) is 15.4 Å². The van der Waals surface area contributed by atoms with Crippen LogP contribution in [0.3, 0.4) is 0 Å². The number of aliphatic imine (C=N–C) groups is 1. The first-order chi connectivity index (χ1) is 7.38. The van der Waals surface area contributed by atoms with E-state index >= 15 is 0 Å². The van der Waals surface area contributed by atoms with Crippen molar-refractivity contribution in [1.82, 2.24) is 9.78 Å². The van der Waals surface area contributed by atoms with Crippen LogP contribution in [0.1, 0.15) is 19.3 Å². The summed E-state index contributed by atoms with van der Waals surface area (Å²) in [7, 11) is 0. The summed E-state index contributed by atoms with van der Waals surface area (Å²) in [4.78, 5) is 4.37. The van der Waals surface area contributed by atoms with Crippen LogP contribution in [0.4, 0.5) is 10.1 Å². The summed E-state index contributed by atoms with van der Waals surface area (Å²) >= 11 is 0. The van der Waals surface area contributed by atoms with E-state index in [1.165, 1.54) is 12.8 Å². The Labute approximate surface area is 88.2 Å². The molecule has 82 valence electrons. The minimum Gasteiger partial charge on any atom is -0.342 e. The number of halogens is 1. The summed E-state index contributed by atoms with van der Waals surface area (Å²) in [5, 5.41) is 7.23. The molecule has 0 unspecified atom stereocenters. The van der Waals surface area contributed by atoms with Gasteiger partial charge in [-0.15, -0.1) is 0 Å². The summed E-state index contributed by atoms with van der Waals surface area (Å²) in [6.45, 7) is 0.831. The van der Waals surface area contributed by atoms with Gasteiger partial charge in [0.2, 0.25) is 0 Å². The number of aromatic nitrogens is 2.